The van der Waals surface area contributed by atoms with Crippen LogP contribution >= 0.6 is 0 Å². The molecule has 0 aliphatic rings. The second-order valence-corrected chi connectivity index (χ2v) is 15.8. The molecule has 0 bridgehead atoms. The normalized spacial score (nSPS) is 10.9. The zero-order valence-electron chi connectivity index (χ0n) is 39.4. The number of nitrogens with one attached hydrogen (secondary N) is 2. The summed E-state index contributed by atoms with van der Waals surface area (Å²) in [5, 5.41) is 39.0. The quantitative estimate of drug-likeness (QED) is 0.0613. The number of nitro benzene ring substituents is 2. The molecule has 0 atom stereocenters. The first-order valence-electron chi connectivity index (χ1n) is 21.3. The van der Waals surface area contributed by atoms with Gasteiger partial charge >= 0.3 is 11.4 Å². The van der Waals surface area contributed by atoms with Crippen molar-refractivity contribution in [1.82, 2.24) is 38.9 Å². The predicted octanol–water partition coefficient (Wildman–Crippen LogP) is 8.21. The van der Waals surface area contributed by atoms with Crippen LogP contribution in [0.1, 0.15) is 0 Å². The third-order valence-electron chi connectivity index (χ3n) is 10.4. The number of likely N-dealkylation sites (N-methyl/N-ethyl adjacent to an activating group) is 2. The summed E-state index contributed by atoms with van der Waals surface area (Å²) in [6, 6.07) is 24.5. The first-order chi connectivity index (χ1) is 33.1. The number of fused-ring (bicyclic) bond motifs is 2. The Labute approximate surface area is 396 Å². The predicted molar refractivity (Wildman–Crippen MR) is 263 cm³/mol. The van der Waals surface area contributed by atoms with Crippen molar-refractivity contribution in [3.63, 3.8) is 0 Å². The van der Waals surface area contributed by atoms with Crippen LogP contribution < -0.4 is 24.8 Å². The highest BCUT2D eigenvalue weighted by atomic mass is 19.1. The monoisotopic (exact) mass is 944 g/mol. The minimum atomic E-state index is -0.983. The maximum absolute atomic E-state index is 13.9. The molecular weight excluding hydrogens is 892 g/mol. The van der Waals surface area contributed by atoms with Crippen molar-refractivity contribution in [1.29, 1.82) is 0 Å². The van der Waals surface area contributed by atoms with Gasteiger partial charge in [-0.25, -0.2) is 19.9 Å². The molecule has 0 aliphatic carbocycles. The molecule has 0 spiro atoms. The van der Waals surface area contributed by atoms with Gasteiger partial charge in [-0.2, -0.15) is 4.39 Å². The standard InChI is InChI=1S/C24H26N6O4.C20H16FN5O3.C4H11NO/c1-28(2)11-12-34-23-14-22(33-4)19(13-21(23)30(31)32)27-24-25-10-9-18(26-24)17-15-29(3)20-8-6-5-7-16(17)20;1-25-11-13(12-5-3-4-6-17(12)25)15-7-8-22-20(23-15)24-16-10-18(26(27)28)14(21)9-19(16)29-2;1-5(2)3-4-6/h5-10,13-15H,11-12H2,1-4H3,(H,25,26,27);3-11H,1-2H3,(H,22,23,24);6H,3-4H2,1-2H3. The number of aliphatic hydroxyl groups excluding tert-OH is 1. The number of aryl methyl sites for hydroxylation is 2. The molecule has 0 radical (unpaired) electrons. The molecule has 0 aliphatic heterocycles. The average Bonchev–Trinajstić information content (AvgIpc) is 3.85. The molecule has 69 heavy (non-hydrogen) atoms. The molecule has 0 amide bonds. The van der Waals surface area contributed by atoms with Crippen LogP contribution in [-0.4, -0.2) is 123 Å². The molecule has 4 aromatic heterocycles. The van der Waals surface area contributed by atoms with Crippen LogP contribution in [0.4, 0.5) is 39.0 Å². The largest absolute Gasteiger partial charge is 0.494 e. The lowest BCUT2D eigenvalue weighted by Gasteiger charge is -2.15. The third-order valence-corrected chi connectivity index (χ3v) is 10.4. The lowest BCUT2D eigenvalue weighted by atomic mass is 10.1. The average molecular weight is 945 g/mol. The van der Waals surface area contributed by atoms with Crippen molar-refractivity contribution in [2.75, 3.05) is 79.3 Å². The molecular formula is C48H53FN12O8. The third kappa shape index (κ3) is 12.4. The molecule has 0 fully saturated rings. The fraction of sp³-hybridized carbons (Fsp3) is 0.250. The first-order valence-corrected chi connectivity index (χ1v) is 21.3. The van der Waals surface area contributed by atoms with Crippen molar-refractivity contribution < 1.29 is 33.6 Å². The summed E-state index contributed by atoms with van der Waals surface area (Å²) >= 11 is 0. The summed E-state index contributed by atoms with van der Waals surface area (Å²) in [5.74, 6) is 0.133. The lowest BCUT2D eigenvalue weighted by molar-refractivity contribution is -0.387. The molecule has 3 N–H and O–H groups in total. The van der Waals surface area contributed by atoms with Gasteiger partial charge in [-0.3, -0.25) is 20.2 Å². The van der Waals surface area contributed by atoms with Gasteiger partial charge in [0.1, 0.15) is 18.1 Å². The Kier molecular flexibility index (Phi) is 16.7. The summed E-state index contributed by atoms with van der Waals surface area (Å²) in [7, 11) is 14.4. The van der Waals surface area contributed by atoms with Crippen molar-refractivity contribution in [2.24, 2.45) is 14.1 Å². The number of hydrogen-bond acceptors (Lipinski definition) is 16. The summed E-state index contributed by atoms with van der Waals surface area (Å²) in [6.07, 6.45) is 7.21. The van der Waals surface area contributed by atoms with Crippen LogP contribution in [0.2, 0.25) is 0 Å². The van der Waals surface area contributed by atoms with Gasteiger partial charge in [-0.1, -0.05) is 36.4 Å². The molecule has 0 saturated carbocycles. The van der Waals surface area contributed by atoms with Crippen LogP contribution in [-0.2, 0) is 14.1 Å². The topological polar surface area (TPSA) is 226 Å². The fourth-order valence-electron chi connectivity index (χ4n) is 7.03. The Hall–Kier alpha value is -8.27. The van der Waals surface area contributed by atoms with E-state index in [1.165, 1.54) is 26.4 Å². The number of rotatable bonds is 16. The van der Waals surface area contributed by atoms with E-state index < -0.39 is 21.4 Å². The van der Waals surface area contributed by atoms with Crippen molar-refractivity contribution >= 4 is 56.5 Å². The smallest absolute Gasteiger partial charge is 0.313 e. The first kappa shape index (κ1) is 50.1. The minimum Gasteiger partial charge on any atom is -0.494 e. The SMILES string of the molecule is CN(C)CCO.COc1cc(F)c([N+](=O)[O-])cc1Nc1nccc(-c2cn(C)c3ccccc23)n1.COc1cc(OCCN(C)C)c([N+](=O)[O-])cc1Nc1nccc(-c2cn(C)c3ccccc23)n1. The summed E-state index contributed by atoms with van der Waals surface area (Å²) in [4.78, 5) is 43.0. The van der Waals surface area contributed by atoms with Crippen LogP contribution in [0.5, 0.6) is 17.2 Å². The Morgan fingerprint density at radius 1 is 0.667 bits per heavy atom. The Balaban J connectivity index is 0.000000205. The number of aliphatic hydroxyl groups is 1. The number of nitro groups is 2. The van der Waals surface area contributed by atoms with E-state index in [-0.39, 0.29) is 35.4 Å². The number of para-hydroxylation sites is 2. The van der Waals surface area contributed by atoms with Gasteiger partial charge in [0, 0.05) is 109 Å². The van der Waals surface area contributed by atoms with Crippen LogP contribution in [0.3, 0.4) is 0 Å². The molecule has 8 rings (SSSR count). The van der Waals surface area contributed by atoms with Gasteiger partial charge in [0.15, 0.2) is 0 Å². The second-order valence-electron chi connectivity index (χ2n) is 15.8. The van der Waals surface area contributed by atoms with Gasteiger partial charge in [0.2, 0.25) is 23.5 Å². The molecule has 20 nitrogen and oxygen atoms in total. The number of methoxy groups -OCH3 is 2. The van der Waals surface area contributed by atoms with Gasteiger partial charge in [-0.15, -0.1) is 0 Å². The minimum absolute atomic E-state index is 0.104. The number of aromatic nitrogens is 6. The van der Waals surface area contributed by atoms with Crippen molar-refractivity contribution in [3.05, 3.63) is 136 Å². The highest BCUT2D eigenvalue weighted by Crippen LogP contribution is 2.40. The van der Waals surface area contributed by atoms with Gasteiger partial charge < -0.3 is 48.9 Å². The maximum atomic E-state index is 13.9. The number of anilines is 4. The highest BCUT2D eigenvalue weighted by Gasteiger charge is 2.23. The second kappa shape index (κ2) is 23.0. The molecule has 360 valence electrons. The fourth-order valence-corrected chi connectivity index (χ4v) is 7.03. The highest BCUT2D eigenvalue weighted by molar-refractivity contribution is 5.96. The summed E-state index contributed by atoms with van der Waals surface area (Å²) < 4.78 is 34.1. The van der Waals surface area contributed by atoms with Crippen molar-refractivity contribution in [3.8, 4) is 39.8 Å². The van der Waals surface area contributed by atoms with E-state index in [2.05, 4.69) is 30.6 Å². The van der Waals surface area contributed by atoms with E-state index in [4.69, 9.17) is 19.3 Å². The van der Waals surface area contributed by atoms with E-state index in [1.54, 1.807) is 18.5 Å². The van der Waals surface area contributed by atoms with E-state index in [0.717, 1.165) is 57.3 Å². The lowest BCUT2D eigenvalue weighted by Crippen LogP contribution is -2.19. The summed E-state index contributed by atoms with van der Waals surface area (Å²) in [5.41, 5.74) is 5.16. The zero-order chi connectivity index (χ0) is 49.8. The molecule has 0 saturated heterocycles. The van der Waals surface area contributed by atoms with Gasteiger partial charge in [-0.05, 0) is 52.5 Å². The Bertz CT molecular complexity index is 3070. The van der Waals surface area contributed by atoms with Gasteiger partial charge in [0.25, 0.3) is 0 Å². The molecule has 8 aromatic rings. The van der Waals surface area contributed by atoms with Crippen LogP contribution in [0.15, 0.2) is 110 Å². The summed E-state index contributed by atoms with van der Waals surface area (Å²) in [6.45, 7) is 1.95. The molecule has 0 unspecified atom stereocenters. The van der Waals surface area contributed by atoms with Crippen molar-refractivity contribution in [2.45, 2.75) is 0 Å². The van der Waals surface area contributed by atoms with E-state index in [9.17, 15) is 24.6 Å². The number of halogens is 1. The number of nitrogens with zero attached hydrogens (tertiary/aromatic N) is 10. The maximum Gasteiger partial charge on any atom is 0.313 e. The Morgan fingerprint density at radius 3 is 1.57 bits per heavy atom. The molecule has 4 aromatic carbocycles. The van der Waals surface area contributed by atoms with Crippen LogP contribution in [0.25, 0.3) is 44.3 Å². The van der Waals surface area contributed by atoms with Gasteiger partial charge in [0.05, 0.1) is 53.4 Å². The van der Waals surface area contributed by atoms with E-state index >= 15 is 0 Å². The number of benzene rings is 4. The van der Waals surface area contributed by atoms with Crippen LogP contribution in [0, 0.1) is 26.0 Å². The zero-order valence-corrected chi connectivity index (χ0v) is 39.4. The van der Waals surface area contributed by atoms with E-state index in [0.29, 0.717) is 36.2 Å². The number of hydrogen-bond donors (Lipinski definition) is 3. The molecule has 4 heterocycles. The van der Waals surface area contributed by atoms with E-state index in [1.807, 2.05) is 128 Å². The molecule has 21 heteroatoms. The number of ether oxygens (including phenoxy) is 3. The Morgan fingerprint density at radius 2 is 1.13 bits per heavy atom.